The quantitative estimate of drug-likeness (QED) is 0.630. The number of halogens is 1. The summed E-state index contributed by atoms with van der Waals surface area (Å²) in [7, 11) is -2.23. The maximum absolute atomic E-state index is 12.3. The highest BCUT2D eigenvalue weighted by Crippen LogP contribution is 2.28. The molecule has 0 saturated carbocycles. The highest BCUT2D eigenvalue weighted by Gasteiger charge is 2.18. The fraction of sp³-hybridized carbons (Fsp3) is 0.133. The topological polar surface area (TPSA) is 110 Å². The van der Waals surface area contributed by atoms with Gasteiger partial charge in [0, 0.05) is 30.4 Å². The van der Waals surface area contributed by atoms with Crippen LogP contribution in [0.2, 0.25) is 5.02 Å². The van der Waals surface area contributed by atoms with Gasteiger partial charge in [-0.15, -0.1) is 0 Å². The van der Waals surface area contributed by atoms with E-state index < -0.39 is 20.9 Å². The number of carbonyl (C=O) groups is 1. The van der Waals surface area contributed by atoms with Crippen molar-refractivity contribution in [2.24, 2.45) is 0 Å². The van der Waals surface area contributed by atoms with Crippen molar-refractivity contribution in [1.82, 2.24) is 0 Å². The lowest BCUT2D eigenvalue weighted by atomic mass is 10.1. The molecule has 0 aliphatic carbocycles. The number of nitro benzene ring substituents is 1. The van der Waals surface area contributed by atoms with Crippen LogP contribution in [0.15, 0.2) is 42.5 Å². The molecule has 0 fully saturated rings. The Morgan fingerprint density at radius 1 is 1.24 bits per heavy atom. The molecule has 0 aliphatic heterocycles. The summed E-state index contributed by atoms with van der Waals surface area (Å²) in [5.41, 5.74) is 0.385. The highest BCUT2D eigenvalue weighted by molar-refractivity contribution is 7.92. The van der Waals surface area contributed by atoms with Gasteiger partial charge < -0.3 is 5.32 Å². The third kappa shape index (κ3) is 4.46. The first-order chi connectivity index (χ1) is 11.6. The van der Waals surface area contributed by atoms with Crippen LogP contribution in [-0.4, -0.2) is 32.6 Å². The summed E-state index contributed by atoms with van der Waals surface area (Å²) in [5.74, 6) is -0.555. The molecule has 1 N–H and O–H groups in total. The molecule has 2 aromatic rings. The van der Waals surface area contributed by atoms with Gasteiger partial charge in [-0.05, 0) is 24.3 Å². The molecule has 2 rings (SSSR count). The molecule has 2 aromatic carbocycles. The van der Waals surface area contributed by atoms with E-state index in [4.69, 9.17) is 11.6 Å². The average molecular weight is 384 g/mol. The number of anilines is 2. The summed E-state index contributed by atoms with van der Waals surface area (Å²) in [4.78, 5) is 22.5. The molecule has 0 spiro atoms. The fourth-order valence-corrected chi connectivity index (χ4v) is 2.78. The first-order valence-electron chi connectivity index (χ1n) is 6.89. The van der Waals surface area contributed by atoms with Crippen molar-refractivity contribution >= 4 is 44.6 Å². The zero-order chi connectivity index (χ0) is 18.8. The second-order valence-corrected chi connectivity index (χ2v) is 7.58. The van der Waals surface area contributed by atoms with Crippen LogP contribution in [0.1, 0.15) is 10.4 Å². The Kier molecular flexibility index (Phi) is 5.29. The molecule has 1 amide bonds. The molecular formula is C15H14ClN3O5S. The van der Waals surface area contributed by atoms with Gasteiger partial charge in [0.15, 0.2) is 0 Å². The zero-order valence-corrected chi connectivity index (χ0v) is 14.8. The number of benzene rings is 2. The number of rotatable bonds is 5. The predicted molar refractivity (Wildman–Crippen MR) is 95.7 cm³/mol. The van der Waals surface area contributed by atoms with Crippen LogP contribution in [0.4, 0.5) is 17.1 Å². The Hall–Kier alpha value is -2.65. The molecule has 8 nitrogen and oxygen atoms in total. The summed E-state index contributed by atoms with van der Waals surface area (Å²) >= 11 is 6.00. The summed E-state index contributed by atoms with van der Waals surface area (Å²) < 4.78 is 24.3. The van der Waals surface area contributed by atoms with Crippen LogP contribution in [0.5, 0.6) is 0 Å². The Morgan fingerprint density at radius 2 is 1.92 bits per heavy atom. The van der Waals surface area contributed by atoms with Crippen LogP contribution in [0, 0.1) is 10.1 Å². The maximum Gasteiger partial charge on any atom is 0.271 e. The Balaban J connectivity index is 2.31. The van der Waals surface area contributed by atoms with E-state index in [0.717, 1.165) is 10.6 Å². The number of hydrogen-bond donors (Lipinski definition) is 1. The molecule has 0 aliphatic rings. The normalized spacial score (nSPS) is 11.0. The summed E-state index contributed by atoms with van der Waals surface area (Å²) in [6, 6.07) is 9.63. The second-order valence-electron chi connectivity index (χ2n) is 5.16. The standard InChI is InChI=1S/C15H14ClN3O5S/c1-18(25(2,23)24)14-8-10(6-7-13(14)16)15(20)17-11-4-3-5-12(9-11)19(21)22/h3-9H,1-2H3,(H,17,20). The maximum atomic E-state index is 12.3. The number of amides is 1. The van der Waals surface area contributed by atoms with E-state index in [1.807, 2.05) is 0 Å². The Labute approximate surface area is 149 Å². The van der Waals surface area contributed by atoms with Gasteiger partial charge >= 0.3 is 0 Å². The third-order valence-corrected chi connectivity index (χ3v) is 4.87. The van der Waals surface area contributed by atoms with Crippen molar-refractivity contribution in [1.29, 1.82) is 0 Å². The zero-order valence-electron chi connectivity index (χ0n) is 13.3. The van der Waals surface area contributed by atoms with E-state index in [1.54, 1.807) is 0 Å². The van der Waals surface area contributed by atoms with E-state index in [1.165, 1.54) is 49.5 Å². The van der Waals surface area contributed by atoms with Gasteiger partial charge in [0.25, 0.3) is 11.6 Å². The number of nitrogens with one attached hydrogen (secondary N) is 1. The van der Waals surface area contributed by atoms with Gasteiger partial charge in [-0.1, -0.05) is 17.7 Å². The number of non-ortho nitro benzene ring substituents is 1. The minimum Gasteiger partial charge on any atom is -0.322 e. The molecule has 0 unspecified atom stereocenters. The molecule has 0 saturated heterocycles. The van der Waals surface area contributed by atoms with E-state index in [-0.39, 0.29) is 27.6 Å². The van der Waals surface area contributed by atoms with Crippen LogP contribution in [0.3, 0.4) is 0 Å². The number of sulfonamides is 1. The number of nitro groups is 1. The molecule has 0 atom stereocenters. The van der Waals surface area contributed by atoms with Crippen LogP contribution in [-0.2, 0) is 10.0 Å². The molecule has 10 heteroatoms. The van der Waals surface area contributed by atoms with Crippen LogP contribution in [0.25, 0.3) is 0 Å². The summed E-state index contributed by atoms with van der Waals surface area (Å²) in [6.45, 7) is 0. The molecule has 0 radical (unpaired) electrons. The molecule has 132 valence electrons. The van der Waals surface area contributed by atoms with E-state index in [0.29, 0.717) is 0 Å². The Bertz CT molecular complexity index is 946. The van der Waals surface area contributed by atoms with Crippen molar-refractivity contribution in [3.8, 4) is 0 Å². The van der Waals surface area contributed by atoms with Crippen LogP contribution < -0.4 is 9.62 Å². The van der Waals surface area contributed by atoms with E-state index >= 15 is 0 Å². The van der Waals surface area contributed by atoms with Gasteiger partial charge in [-0.3, -0.25) is 19.2 Å². The van der Waals surface area contributed by atoms with Crippen molar-refractivity contribution < 1.29 is 18.1 Å². The number of hydrogen-bond acceptors (Lipinski definition) is 5. The van der Waals surface area contributed by atoms with E-state index in [2.05, 4.69) is 5.32 Å². The molecule has 25 heavy (non-hydrogen) atoms. The minimum atomic E-state index is -3.55. The van der Waals surface area contributed by atoms with Crippen LogP contribution >= 0.6 is 11.6 Å². The molecule has 0 heterocycles. The first kappa shape index (κ1) is 18.7. The summed E-state index contributed by atoms with van der Waals surface area (Å²) in [6.07, 6.45) is 1.01. The monoisotopic (exact) mass is 383 g/mol. The van der Waals surface area contributed by atoms with Crippen molar-refractivity contribution in [3.05, 3.63) is 63.2 Å². The van der Waals surface area contributed by atoms with Gasteiger partial charge in [0.1, 0.15) is 0 Å². The lowest BCUT2D eigenvalue weighted by Gasteiger charge is -2.18. The van der Waals surface area contributed by atoms with Gasteiger partial charge in [-0.2, -0.15) is 0 Å². The smallest absolute Gasteiger partial charge is 0.271 e. The molecule has 0 bridgehead atoms. The average Bonchev–Trinajstić information content (AvgIpc) is 2.54. The van der Waals surface area contributed by atoms with E-state index in [9.17, 15) is 23.3 Å². The molecule has 0 aromatic heterocycles. The van der Waals surface area contributed by atoms with Gasteiger partial charge in [0.05, 0.1) is 21.9 Å². The predicted octanol–water partition coefficient (Wildman–Crippen LogP) is 2.90. The summed E-state index contributed by atoms with van der Waals surface area (Å²) in [5, 5.41) is 13.5. The largest absolute Gasteiger partial charge is 0.322 e. The van der Waals surface area contributed by atoms with Crippen molar-refractivity contribution in [3.63, 3.8) is 0 Å². The van der Waals surface area contributed by atoms with Gasteiger partial charge in [-0.25, -0.2) is 8.42 Å². The number of carbonyl (C=O) groups excluding carboxylic acids is 1. The lowest BCUT2D eigenvalue weighted by Crippen LogP contribution is -2.25. The second kappa shape index (κ2) is 7.08. The first-order valence-corrected chi connectivity index (χ1v) is 9.11. The fourth-order valence-electron chi connectivity index (χ4n) is 1.97. The van der Waals surface area contributed by atoms with Crippen molar-refractivity contribution in [2.45, 2.75) is 0 Å². The Morgan fingerprint density at radius 3 is 2.52 bits per heavy atom. The lowest BCUT2D eigenvalue weighted by molar-refractivity contribution is -0.384. The molecular weight excluding hydrogens is 370 g/mol. The minimum absolute atomic E-state index is 0.149. The van der Waals surface area contributed by atoms with Gasteiger partial charge in [0.2, 0.25) is 10.0 Å². The third-order valence-electron chi connectivity index (χ3n) is 3.36. The number of nitrogens with zero attached hydrogens (tertiary/aromatic N) is 2. The highest BCUT2D eigenvalue weighted by atomic mass is 35.5. The SMILES string of the molecule is CN(c1cc(C(=O)Nc2cccc([N+](=O)[O-])c2)ccc1Cl)S(C)(=O)=O. The van der Waals surface area contributed by atoms with Crippen molar-refractivity contribution in [2.75, 3.05) is 22.9 Å².